The summed E-state index contributed by atoms with van der Waals surface area (Å²) < 4.78 is 42.9. The summed E-state index contributed by atoms with van der Waals surface area (Å²) in [6.45, 7) is -0.119. The Morgan fingerprint density at radius 3 is 2.42 bits per heavy atom. The number of benzene rings is 1. The molecule has 1 rings (SSSR count). The van der Waals surface area contributed by atoms with Gasteiger partial charge in [-0.3, -0.25) is 0 Å². The third-order valence-corrected chi connectivity index (χ3v) is 4.15. The molecule has 106 valence electrons. The average molecular weight is 288 g/mol. The third-order valence-electron chi connectivity index (χ3n) is 2.32. The highest BCUT2D eigenvalue weighted by Crippen LogP contribution is 2.18. The minimum Gasteiger partial charge on any atom is -0.487 e. The predicted octanol–water partition coefficient (Wildman–Crippen LogP) is 1.13. The SMILES string of the molecule is CN(C)S(=O)(=O)c1ccc(OC/C(F)=C\CN)cc1. The van der Waals surface area contributed by atoms with E-state index in [-0.39, 0.29) is 18.0 Å². The van der Waals surface area contributed by atoms with E-state index < -0.39 is 15.9 Å². The summed E-state index contributed by atoms with van der Waals surface area (Å²) >= 11 is 0. The number of rotatable bonds is 6. The first kappa shape index (κ1) is 15.6. The van der Waals surface area contributed by atoms with Gasteiger partial charge in [0.2, 0.25) is 10.0 Å². The second kappa shape index (κ2) is 6.65. The van der Waals surface area contributed by atoms with Crippen molar-refractivity contribution in [2.75, 3.05) is 27.2 Å². The molecule has 7 heteroatoms. The zero-order valence-electron chi connectivity index (χ0n) is 10.8. The molecule has 2 N–H and O–H groups in total. The molecule has 0 heterocycles. The highest BCUT2D eigenvalue weighted by Gasteiger charge is 2.16. The van der Waals surface area contributed by atoms with E-state index in [1.165, 1.54) is 44.4 Å². The molecule has 0 fully saturated rings. The molecule has 0 aliphatic carbocycles. The van der Waals surface area contributed by atoms with E-state index in [1.54, 1.807) is 0 Å². The van der Waals surface area contributed by atoms with Crippen LogP contribution in [0, 0.1) is 0 Å². The van der Waals surface area contributed by atoms with E-state index in [4.69, 9.17) is 10.5 Å². The standard InChI is InChI=1S/C12H17FN2O3S/c1-15(2)19(16,17)12-5-3-11(4-6-12)18-9-10(13)7-8-14/h3-7H,8-9,14H2,1-2H3/b10-7+. The fourth-order valence-corrected chi connectivity index (χ4v) is 2.16. The molecule has 1 aromatic rings. The van der Waals surface area contributed by atoms with Crippen LogP contribution in [0.5, 0.6) is 5.75 Å². The molecule has 0 aliphatic rings. The van der Waals surface area contributed by atoms with Crippen LogP contribution < -0.4 is 10.5 Å². The molecule has 19 heavy (non-hydrogen) atoms. The second-order valence-corrected chi connectivity index (χ2v) is 6.09. The van der Waals surface area contributed by atoms with Crippen LogP contribution >= 0.6 is 0 Å². The first-order valence-corrected chi connectivity index (χ1v) is 7.02. The van der Waals surface area contributed by atoms with Gasteiger partial charge in [0.25, 0.3) is 0 Å². The van der Waals surface area contributed by atoms with E-state index in [0.717, 1.165) is 4.31 Å². The summed E-state index contributed by atoms with van der Waals surface area (Å²) in [5, 5.41) is 0. The molecule has 0 aliphatic heterocycles. The van der Waals surface area contributed by atoms with Gasteiger partial charge in [-0.2, -0.15) is 0 Å². The monoisotopic (exact) mass is 288 g/mol. The lowest BCUT2D eigenvalue weighted by Gasteiger charge is -2.11. The van der Waals surface area contributed by atoms with Crippen molar-refractivity contribution in [1.82, 2.24) is 4.31 Å². The summed E-state index contributed by atoms with van der Waals surface area (Å²) in [7, 11) is -0.556. The predicted molar refractivity (Wildman–Crippen MR) is 71.1 cm³/mol. The maximum Gasteiger partial charge on any atom is 0.242 e. The van der Waals surface area contributed by atoms with Crippen LogP contribution in [0.1, 0.15) is 0 Å². The second-order valence-electron chi connectivity index (χ2n) is 3.93. The number of sulfonamides is 1. The van der Waals surface area contributed by atoms with Crippen molar-refractivity contribution < 1.29 is 17.5 Å². The molecule has 0 unspecified atom stereocenters. The molecule has 0 amide bonds. The van der Waals surface area contributed by atoms with Gasteiger partial charge in [-0.1, -0.05) is 0 Å². The summed E-state index contributed by atoms with van der Waals surface area (Å²) in [5.41, 5.74) is 5.15. The Morgan fingerprint density at radius 2 is 1.95 bits per heavy atom. The van der Waals surface area contributed by atoms with Gasteiger partial charge in [-0.05, 0) is 30.3 Å². The topological polar surface area (TPSA) is 72.6 Å². The largest absolute Gasteiger partial charge is 0.487 e. The van der Waals surface area contributed by atoms with E-state index in [9.17, 15) is 12.8 Å². The molecule has 0 saturated heterocycles. The molecule has 0 saturated carbocycles. The van der Waals surface area contributed by atoms with Crippen molar-refractivity contribution in [2.24, 2.45) is 5.73 Å². The molecule has 0 radical (unpaired) electrons. The van der Waals surface area contributed by atoms with Crippen molar-refractivity contribution in [3.63, 3.8) is 0 Å². The Bertz CT molecular complexity index is 539. The van der Waals surface area contributed by atoms with Gasteiger partial charge >= 0.3 is 0 Å². The average Bonchev–Trinajstić information content (AvgIpc) is 2.37. The van der Waals surface area contributed by atoms with E-state index in [2.05, 4.69) is 0 Å². The van der Waals surface area contributed by atoms with Gasteiger partial charge in [0.05, 0.1) is 4.90 Å². The lowest BCUT2D eigenvalue weighted by atomic mass is 10.3. The molecule has 0 spiro atoms. The maximum atomic E-state index is 13.0. The minimum atomic E-state index is -3.46. The Morgan fingerprint density at radius 1 is 1.37 bits per heavy atom. The molecule has 0 aromatic heterocycles. The summed E-state index contributed by atoms with van der Waals surface area (Å²) in [4.78, 5) is 0.155. The molecule has 5 nitrogen and oxygen atoms in total. The molecule has 0 bridgehead atoms. The van der Waals surface area contributed by atoms with Crippen molar-refractivity contribution in [2.45, 2.75) is 4.90 Å². The molecule has 1 aromatic carbocycles. The quantitative estimate of drug-likeness (QED) is 0.851. The number of nitrogens with two attached hydrogens (primary N) is 1. The third kappa shape index (κ3) is 4.30. The van der Waals surface area contributed by atoms with Gasteiger partial charge in [0, 0.05) is 20.6 Å². The number of nitrogens with zero attached hydrogens (tertiary/aromatic N) is 1. The van der Waals surface area contributed by atoms with Gasteiger partial charge in [0.15, 0.2) is 0 Å². The van der Waals surface area contributed by atoms with Gasteiger partial charge in [-0.25, -0.2) is 17.1 Å². The van der Waals surface area contributed by atoms with E-state index in [1.807, 2.05) is 0 Å². The summed E-state index contributed by atoms with van der Waals surface area (Å²) in [6, 6.07) is 5.78. The summed E-state index contributed by atoms with van der Waals surface area (Å²) in [5.74, 6) is -0.0780. The zero-order valence-corrected chi connectivity index (χ0v) is 11.7. The smallest absolute Gasteiger partial charge is 0.242 e. The van der Waals surface area contributed by atoms with Gasteiger partial charge in [-0.15, -0.1) is 0 Å². The molecular weight excluding hydrogens is 271 g/mol. The first-order chi connectivity index (χ1) is 8.87. The Hall–Kier alpha value is -1.44. The van der Waals surface area contributed by atoms with Crippen molar-refractivity contribution in [3.05, 3.63) is 36.2 Å². The van der Waals surface area contributed by atoms with Crippen LogP contribution in [-0.4, -0.2) is 40.0 Å². The fourth-order valence-electron chi connectivity index (χ4n) is 1.26. The normalized spacial score (nSPS) is 12.8. The number of hydrogen-bond donors (Lipinski definition) is 1. The lowest BCUT2D eigenvalue weighted by Crippen LogP contribution is -2.22. The van der Waals surface area contributed by atoms with Crippen molar-refractivity contribution in [1.29, 1.82) is 0 Å². The van der Waals surface area contributed by atoms with Crippen LogP contribution in [0.15, 0.2) is 41.1 Å². The molecular formula is C12H17FN2O3S. The Balaban J connectivity index is 2.75. The Kier molecular flexibility index (Phi) is 5.46. The van der Waals surface area contributed by atoms with Crippen LogP contribution in [0.3, 0.4) is 0 Å². The van der Waals surface area contributed by atoms with Crippen LogP contribution in [0.25, 0.3) is 0 Å². The maximum absolute atomic E-state index is 13.0. The van der Waals surface area contributed by atoms with E-state index in [0.29, 0.717) is 5.75 Å². The summed E-state index contributed by atoms with van der Waals surface area (Å²) in [6.07, 6.45) is 1.21. The number of ether oxygens (including phenoxy) is 1. The fraction of sp³-hybridized carbons (Fsp3) is 0.333. The lowest BCUT2D eigenvalue weighted by molar-refractivity contribution is 0.318. The van der Waals surface area contributed by atoms with Gasteiger partial charge in [0.1, 0.15) is 18.2 Å². The minimum absolute atomic E-state index is 0.106. The highest BCUT2D eigenvalue weighted by molar-refractivity contribution is 7.89. The van der Waals surface area contributed by atoms with Gasteiger partial charge < -0.3 is 10.5 Å². The van der Waals surface area contributed by atoms with Crippen LogP contribution in [-0.2, 0) is 10.0 Å². The highest BCUT2D eigenvalue weighted by atomic mass is 32.2. The van der Waals surface area contributed by atoms with Crippen molar-refractivity contribution in [3.8, 4) is 5.75 Å². The number of hydrogen-bond acceptors (Lipinski definition) is 4. The zero-order chi connectivity index (χ0) is 14.5. The number of halogens is 1. The van der Waals surface area contributed by atoms with Crippen molar-refractivity contribution >= 4 is 10.0 Å². The van der Waals surface area contributed by atoms with E-state index >= 15 is 0 Å². The Labute approximate surface area is 112 Å². The first-order valence-electron chi connectivity index (χ1n) is 5.58. The molecule has 0 atom stereocenters. The van der Waals surface area contributed by atoms with Crippen LogP contribution in [0.4, 0.5) is 4.39 Å². The van der Waals surface area contributed by atoms with Crippen LogP contribution in [0.2, 0.25) is 0 Å².